The number of alkyl halides is 3. The molecule has 0 heterocycles. The maximum atomic E-state index is 13.1. The molecule has 0 saturated heterocycles. The zero-order valence-corrected chi connectivity index (χ0v) is 16.5. The number of carbonyl (C=O) groups excluding carboxylic acids is 1. The highest BCUT2D eigenvalue weighted by Crippen LogP contribution is 2.32. The average molecular weight is 432 g/mol. The van der Waals surface area contributed by atoms with E-state index in [1.807, 2.05) is 6.92 Å². The molecule has 1 atom stereocenters. The number of hydrogen-bond acceptors (Lipinski definition) is 3. The Bertz CT molecular complexity index is 974. The van der Waals surface area contributed by atoms with Crippen molar-refractivity contribution in [2.45, 2.75) is 43.9 Å². The van der Waals surface area contributed by atoms with E-state index in [1.54, 1.807) is 6.92 Å². The van der Waals surface area contributed by atoms with Crippen LogP contribution in [0.15, 0.2) is 47.4 Å². The number of rotatable bonds is 7. The average Bonchev–Trinajstić information content (AvgIpc) is 2.65. The summed E-state index contributed by atoms with van der Waals surface area (Å²) in [7, 11) is -3.74. The number of amides is 1. The van der Waals surface area contributed by atoms with Gasteiger partial charge in [0, 0.05) is 18.2 Å². The summed E-state index contributed by atoms with van der Waals surface area (Å²) in [5.41, 5.74) is -1.39. The number of halogens is 4. The highest BCUT2D eigenvalue weighted by atomic mass is 32.2. The number of nitrogens with one attached hydrogen (secondary N) is 2. The van der Waals surface area contributed by atoms with Gasteiger partial charge in [0.25, 0.3) is 5.91 Å². The molecule has 0 aliphatic heterocycles. The summed E-state index contributed by atoms with van der Waals surface area (Å²) in [5, 5.41) is 2.32. The van der Waals surface area contributed by atoms with Crippen LogP contribution in [0, 0.1) is 5.82 Å². The van der Waals surface area contributed by atoms with E-state index in [0.717, 1.165) is 12.1 Å². The fourth-order valence-corrected chi connectivity index (χ4v) is 3.77. The lowest BCUT2D eigenvalue weighted by Crippen LogP contribution is -2.32. The van der Waals surface area contributed by atoms with Crippen molar-refractivity contribution in [2.24, 2.45) is 0 Å². The second-order valence-electron chi connectivity index (χ2n) is 6.44. The highest BCUT2D eigenvalue weighted by molar-refractivity contribution is 7.89. The minimum atomic E-state index is -4.76. The minimum Gasteiger partial charge on any atom is -0.348 e. The first-order chi connectivity index (χ1) is 13.4. The van der Waals surface area contributed by atoms with Crippen LogP contribution in [-0.2, 0) is 22.7 Å². The number of hydrogen-bond donors (Lipinski definition) is 2. The van der Waals surface area contributed by atoms with Gasteiger partial charge in [0.05, 0.1) is 10.5 Å². The lowest BCUT2D eigenvalue weighted by atomic mass is 10.1. The van der Waals surface area contributed by atoms with Gasteiger partial charge in [-0.3, -0.25) is 4.79 Å². The molecule has 29 heavy (non-hydrogen) atoms. The molecule has 2 N–H and O–H groups in total. The Hall–Kier alpha value is -2.46. The third-order valence-electron chi connectivity index (χ3n) is 4.21. The number of benzene rings is 2. The molecule has 0 aliphatic carbocycles. The Labute approximate surface area is 166 Å². The molecule has 2 aromatic rings. The molecule has 0 saturated carbocycles. The Kier molecular flexibility index (Phi) is 7.02. The van der Waals surface area contributed by atoms with Gasteiger partial charge in [-0.15, -0.1) is 0 Å². The van der Waals surface area contributed by atoms with Crippen LogP contribution in [-0.4, -0.2) is 20.4 Å². The molecule has 0 aromatic heterocycles. The SMILES string of the molecule is CCC(C)NS(=O)(=O)c1ccc(C(=O)NCc2ccc(F)cc2C(F)(F)F)cc1. The molecular formula is C19H20F4N2O3S. The molecule has 0 aliphatic rings. The fourth-order valence-electron chi connectivity index (χ4n) is 2.45. The standard InChI is InChI=1S/C19H20F4N2O3S/c1-3-12(2)25-29(27,28)16-8-5-13(6-9-16)18(26)24-11-14-4-7-15(20)10-17(14)19(21,22)23/h4-10,12,25H,3,11H2,1-2H3,(H,24,26). The first-order valence-corrected chi connectivity index (χ1v) is 10.2. The molecule has 10 heteroatoms. The van der Waals surface area contributed by atoms with Crippen molar-refractivity contribution in [3.8, 4) is 0 Å². The van der Waals surface area contributed by atoms with Crippen LogP contribution in [0.3, 0.4) is 0 Å². The van der Waals surface area contributed by atoms with Crippen LogP contribution in [0.4, 0.5) is 17.6 Å². The molecule has 158 valence electrons. The maximum Gasteiger partial charge on any atom is 0.416 e. The minimum absolute atomic E-state index is 0.0350. The fraction of sp³-hybridized carbons (Fsp3) is 0.316. The third-order valence-corrected chi connectivity index (χ3v) is 5.82. The summed E-state index contributed by atoms with van der Waals surface area (Å²) in [6, 6.07) is 6.92. The molecule has 1 amide bonds. The van der Waals surface area contributed by atoms with Gasteiger partial charge in [-0.1, -0.05) is 13.0 Å². The van der Waals surface area contributed by atoms with Gasteiger partial charge in [0.2, 0.25) is 10.0 Å². The van der Waals surface area contributed by atoms with Crippen molar-refractivity contribution < 1.29 is 30.8 Å². The van der Waals surface area contributed by atoms with E-state index in [9.17, 15) is 30.8 Å². The van der Waals surface area contributed by atoms with Crippen LogP contribution >= 0.6 is 0 Å². The Morgan fingerprint density at radius 2 is 1.72 bits per heavy atom. The molecule has 5 nitrogen and oxygen atoms in total. The van der Waals surface area contributed by atoms with Gasteiger partial charge in [0.15, 0.2) is 0 Å². The maximum absolute atomic E-state index is 13.1. The van der Waals surface area contributed by atoms with Crippen LogP contribution in [0.2, 0.25) is 0 Å². The lowest BCUT2D eigenvalue weighted by Gasteiger charge is -2.14. The van der Waals surface area contributed by atoms with Gasteiger partial charge in [-0.05, 0) is 55.3 Å². The summed E-state index contributed by atoms with van der Waals surface area (Å²) in [6.07, 6.45) is -4.16. The van der Waals surface area contributed by atoms with E-state index >= 15 is 0 Å². The third kappa shape index (κ3) is 6.01. The molecule has 0 bridgehead atoms. The van der Waals surface area contributed by atoms with E-state index in [0.29, 0.717) is 12.5 Å². The molecule has 0 spiro atoms. The van der Waals surface area contributed by atoms with Crippen LogP contribution in [0.1, 0.15) is 41.8 Å². The van der Waals surface area contributed by atoms with Crippen LogP contribution in [0.25, 0.3) is 0 Å². The van der Waals surface area contributed by atoms with E-state index in [4.69, 9.17) is 0 Å². The lowest BCUT2D eigenvalue weighted by molar-refractivity contribution is -0.138. The summed E-state index contributed by atoms with van der Waals surface area (Å²) in [6.45, 7) is 3.07. The number of carbonyl (C=O) groups is 1. The predicted octanol–water partition coefficient (Wildman–Crippen LogP) is 3.85. The smallest absolute Gasteiger partial charge is 0.348 e. The Morgan fingerprint density at radius 1 is 1.10 bits per heavy atom. The second kappa shape index (κ2) is 8.91. The van der Waals surface area contributed by atoms with Crippen molar-refractivity contribution in [2.75, 3.05) is 0 Å². The molecule has 2 rings (SSSR count). The summed E-state index contributed by atoms with van der Waals surface area (Å²) < 4.78 is 79.0. The highest BCUT2D eigenvalue weighted by Gasteiger charge is 2.33. The van der Waals surface area contributed by atoms with E-state index in [-0.39, 0.29) is 22.1 Å². The molecule has 0 radical (unpaired) electrons. The largest absolute Gasteiger partial charge is 0.416 e. The normalized spacial score (nSPS) is 13.2. The van der Waals surface area contributed by atoms with E-state index < -0.39 is 40.0 Å². The van der Waals surface area contributed by atoms with Crippen LogP contribution < -0.4 is 10.0 Å². The van der Waals surface area contributed by atoms with Crippen molar-refractivity contribution in [3.05, 3.63) is 65.0 Å². The topological polar surface area (TPSA) is 75.3 Å². The van der Waals surface area contributed by atoms with Gasteiger partial charge in [0.1, 0.15) is 5.82 Å². The van der Waals surface area contributed by atoms with Crippen molar-refractivity contribution in [1.29, 1.82) is 0 Å². The molecule has 1 unspecified atom stereocenters. The van der Waals surface area contributed by atoms with E-state index in [1.165, 1.54) is 24.3 Å². The first kappa shape index (κ1) is 22.8. The summed E-state index contributed by atoms with van der Waals surface area (Å²) in [5.74, 6) is -1.73. The van der Waals surface area contributed by atoms with E-state index in [2.05, 4.69) is 10.0 Å². The Balaban J connectivity index is 2.11. The van der Waals surface area contributed by atoms with Gasteiger partial charge in [-0.2, -0.15) is 13.2 Å². The Morgan fingerprint density at radius 3 is 2.28 bits per heavy atom. The predicted molar refractivity (Wildman–Crippen MR) is 99.1 cm³/mol. The zero-order chi connectivity index (χ0) is 21.8. The quantitative estimate of drug-likeness (QED) is 0.653. The van der Waals surface area contributed by atoms with Crippen LogP contribution in [0.5, 0.6) is 0 Å². The summed E-state index contributed by atoms with van der Waals surface area (Å²) >= 11 is 0. The van der Waals surface area contributed by atoms with Crippen molar-refractivity contribution >= 4 is 15.9 Å². The monoisotopic (exact) mass is 432 g/mol. The summed E-state index contributed by atoms with van der Waals surface area (Å²) in [4.78, 5) is 12.2. The number of sulfonamides is 1. The van der Waals surface area contributed by atoms with Gasteiger partial charge in [-0.25, -0.2) is 17.5 Å². The zero-order valence-electron chi connectivity index (χ0n) is 15.7. The van der Waals surface area contributed by atoms with Gasteiger partial charge < -0.3 is 5.32 Å². The molecule has 0 fully saturated rings. The first-order valence-electron chi connectivity index (χ1n) is 8.70. The van der Waals surface area contributed by atoms with Crippen molar-refractivity contribution in [3.63, 3.8) is 0 Å². The van der Waals surface area contributed by atoms with Gasteiger partial charge >= 0.3 is 6.18 Å². The molecular weight excluding hydrogens is 412 g/mol. The molecule has 2 aromatic carbocycles. The second-order valence-corrected chi connectivity index (χ2v) is 8.15. The van der Waals surface area contributed by atoms with Crippen molar-refractivity contribution in [1.82, 2.24) is 10.0 Å².